The highest BCUT2D eigenvalue weighted by molar-refractivity contribution is 7.90. The molecule has 1 saturated carbocycles. The number of aryl methyl sites for hydroxylation is 2. The van der Waals surface area contributed by atoms with E-state index in [1.807, 2.05) is 55.5 Å². The first-order valence-electron chi connectivity index (χ1n) is 11.0. The lowest BCUT2D eigenvalue weighted by molar-refractivity contribution is 0.414. The number of ether oxygens (including phenoxy) is 1. The van der Waals surface area contributed by atoms with E-state index >= 15 is 0 Å². The van der Waals surface area contributed by atoms with Crippen LogP contribution >= 0.6 is 0 Å². The third kappa shape index (κ3) is 3.32. The normalized spacial score (nSPS) is 18.1. The maximum Gasteiger partial charge on any atom is 0.268 e. The van der Waals surface area contributed by atoms with Crippen LogP contribution in [0.5, 0.6) is 5.75 Å². The highest BCUT2D eigenvalue weighted by Crippen LogP contribution is 2.57. The molecule has 0 radical (unpaired) electrons. The van der Waals surface area contributed by atoms with Crippen molar-refractivity contribution in [1.82, 2.24) is 3.97 Å². The van der Waals surface area contributed by atoms with Crippen molar-refractivity contribution in [3.05, 3.63) is 95.2 Å². The van der Waals surface area contributed by atoms with Gasteiger partial charge in [0.1, 0.15) is 5.75 Å². The number of aromatic nitrogens is 1. The number of rotatable bonds is 6. The van der Waals surface area contributed by atoms with Crippen molar-refractivity contribution in [2.24, 2.45) is 0 Å². The van der Waals surface area contributed by atoms with Gasteiger partial charge in [0.2, 0.25) is 0 Å². The van der Waals surface area contributed by atoms with E-state index in [4.69, 9.17) is 4.74 Å². The summed E-state index contributed by atoms with van der Waals surface area (Å²) in [5.74, 6) is 1.31. The van der Waals surface area contributed by atoms with Crippen LogP contribution in [-0.4, -0.2) is 19.5 Å². The monoisotopic (exact) mass is 445 g/mol. The molecule has 0 N–H and O–H groups in total. The summed E-state index contributed by atoms with van der Waals surface area (Å²) in [5, 5.41) is 1.03. The third-order valence-corrected chi connectivity index (χ3v) is 8.32. The molecule has 1 aliphatic rings. The van der Waals surface area contributed by atoms with Crippen molar-refractivity contribution in [2.75, 3.05) is 7.11 Å². The van der Waals surface area contributed by atoms with Crippen molar-refractivity contribution in [3.8, 4) is 5.75 Å². The zero-order valence-corrected chi connectivity index (χ0v) is 19.4. The summed E-state index contributed by atoms with van der Waals surface area (Å²) in [6.45, 7) is 4.07. The van der Waals surface area contributed by atoms with Crippen molar-refractivity contribution >= 4 is 20.9 Å². The van der Waals surface area contributed by atoms with Crippen molar-refractivity contribution < 1.29 is 13.2 Å². The second kappa shape index (κ2) is 7.82. The van der Waals surface area contributed by atoms with E-state index in [-0.39, 0.29) is 5.92 Å². The van der Waals surface area contributed by atoms with E-state index in [1.54, 1.807) is 23.2 Å². The quantitative estimate of drug-likeness (QED) is 0.364. The van der Waals surface area contributed by atoms with Gasteiger partial charge in [0.25, 0.3) is 10.0 Å². The first-order chi connectivity index (χ1) is 15.5. The molecule has 4 nitrogen and oxygen atoms in total. The fourth-order valence-corrected chi connectivity index (χ4v) is 6.45. The Bertz CT molecular complexity index is 1380. The minimum Gasteiger partial charge on any atom is -0.497 e. The molecule has 4 aromatic rings. The standard InChI is InChI=1S/C27H27NO3S/c1-4-22-23-7-5-6-8-26(23)28(32(29,30)21-15-9-18(2)10-16-21)27(22)25-17-24(25)19-11-13-20(31-3)14-12-19/h5-16,24-25H,4,17H2,1-3H3/t24?,25-/m0/s1. The topological polar surface area (TPSA) is 48.3 Å². The molecule has 1 fully saturated rings. The Kier molecular flexibility index (Phi) is 5.09. The van der Waals surface area contributed by atoms with Gasteiger partial charge in [-0.1, -0.05) is 55.0 Å². The minimum absolute atomic E-state index is 0.172. The molecule has 0 saturated heterocycles. The summed E-state index contributed by atoms with van der Waals surface area (Å²) in [6.07, 6.45) is 1.73. The van der Waals surface area contributed by atoms with E-state index in [2.05, 4.69) is 19.1 Å². The van der Waals surface area contributed by atoms with E-state index in [0.717, 1.165) is 46.3 Å². The van der Waals surface area contributed by atoms with Gasteiger partial charge in [-0.3, -0.25) is 0 Å². The predicted molar refractivity (Wildman–Crippen MR) is 128 cm³/mol. The number of methoxy groups -OCH3 is 1. The molecule has 32 heavy (non-hydrogen) atoms. The van der Waals surface area contributed by atoms with Crippen LogP contribution in [0.15, 0.2) is 77.7 Å². The molecule has 0 amide bonds. The number of para-hydroxylation sites is 1. The van der Waals surface area contributed by atoms with Gasteiger partial charge in [0.15, 0.2) is 0 Å². The molecule has 0 bridgehead atoms. The Morgan fingerprint density at radius 1 is 0.938 bits per heavy atom. The number of nitrogens with zero attached hydrogens (tertiary/aromatic N) is 1. The predicted octanol–water partition coefficient (Wildman–Crippen LogP) is 6.03. The van der Waals surface area contributed by atoms with Crippen LogP contribution in [0.25, 0.3) is 10.9 Å². The fourth-order valence-electron chi connectivity index (χ4n) is 4.83. The maximum atomic E-state index is 13.9. The Morgan fingerprint density at radius 3 is 2.28 bits per heavy atom. The van der Waals surface area contributed by atoms with Crippen LogP contribution in [0, 0.1) is 6.92 Å². The molecule has 1 aliphatic carbocycles. The van der Waals surface area contributed by atoms with Gasteiger partial charge in [0, 0.05) is 17.0 Å². The molecule has 2 atom stereocenters. The first-order valence-corrected chi connectivity index (χ1v) is 12.5. The molecule has 5 rings (SSSR count). The Labute approximate surface area is 189 Å². The highest BCUT2D eigenvalue weighted by Gasteiger charge is 2.45. The van der Waals surface area contributed by atoms with Crippen molar-refractivity contribution in [1.29, 1.82) is 0 Å². The number of benzene rings is 3. The molecular formula is C27H27NO3S. The summed E-state index contributed by atoms with van der Waals surface area (Å²) in [7, 11) is -2.06. The number of fused-ring (bicyclic) bond motifs is 1. The summed E-state index contributed by atoms with van der Waals surface area (Å²) in [5.41, 5.74) is 5.10. The summed E-state index contributed by atoms with van der Waals surface area (Å²) < 4.78 is 34.7. The molecule has 1 unspecified atom stereocenters. The molecule has 3 aromatic carbocycles. The average Bonchev–Trinajstić information content (AvgIpc) is 3.53. The molecule has 0 spiro atoms. The van der Waals surface area contributed by atoms with Crippen LogP contribution in [-0.2, 0) is 16.4 Å². The van der Waals surface area contributed by atoms with Gasteiger partial charge in [-0.15, -0.1) is 0 Å². The molecule has 1 heterocycles. The second-order valence-corrected chi connectivity index (χ2v) is 10.3. The largest absolute Gasteiger partial charge is 0.497 e. The smallest absolute Gasteiger partial charge is 0.268 e. The van der Waals surface area contributed by atoms with E-state index in [1.165, 1.54) is 5.56 Å². The zero-order chi connectivity index (χ0) is 22.5. The van der Waals surface area contributed by atoms with Crippen molar-refractivity contribution in [3.63, 3.8) is 0 Å². The highest BCUT2D eigenvalue weighted by atomic mass is 32.2. The minimum atomic E-state index is -3.73. The van der Waals surface area contributed by atoms with Gasteiger partial charge < -0.3 is 4.74 Å². The summed E-state index contributed by atoms with van der Waals surface area (Å²) >= 11 is 0. The summed E-state index contributed by atoms with van der Waals surface area (Å²) in [6, 6.07) is 23.2. The van der Waals surface area contributed by atoms with Crippen molar-refractivity contribution in [2.45, 2.75) is 43.4 Å². The van der Waals surface area contributed by atoms with Crippen LogP contribution in [0.3, 0.4) is 0 Å². The van der Waals surface area contributed by atoms with E-state index in [9.17, 15) is 8.42 Å². The summed E-state index contributed by atoms with van der Waals surface area (Å²) in [4.78, 5) is 0.328. The molecule has 164 valence electrons. The van der Waals surface area contributed by atoms with Crippen LogP contribution in [0.2, 0.25) is 0 Å². The van der Waals surface area contributed by atoms with Gasteiger partial charge in [-0.05, 0) is 67.1 Å². The van der Waals surface area contributed by atoms with Gasteiger partial charge in [-0.25, -0.2) is 12.4 Å². The van der Waals surface area contributed by atoms with Gasteiger partial charge >= 0.3 is 0 Å². The lowest BCUT2D eigenvalue weighted by atomic mass is 10.0. The number of hydrogen-bond donors (Lipinski definition) is 0. The average molecular weight is 446 g/mol. The van der Waals surface area contributed by atoms with E-state index in [0.29, 0.717) is 10.8 Å². The van der Waals surface area contributed by atoms with Crippen LogP contribution in [0.4, 0.5) is 0 Å². The molecule has 5 heteroatoms. The SMILES string of the molecule is CCc1c([C@H]2CC2c2ccc(OC)cc2)n(S(=O)(=O)c2ccc(C)cc2)c2ccccc12. The third-order valence-electron chi connectivity index (χ3n) is 6.57. The molecule has 1 aromatic heterocycles. The Hall–Kier alpha value is -3.05. The van der Waals surface area contributed by atoms with Gasteiger partial charge in [-0.2, -0.15) is 0 Å². The molecule has 0 aliphatic heterocycles. The lowest BCUT2D eigenvalue weighted by Gasteiger charge is -2.14. The number of hydrogen-bond acceptors (Lipinski definition) is 3. The van der Waals surface area contributed by atoms with Crippen LogP contribution < -0.4 is 4.74 Å². The van der Waals surface area contributed by atoms with E-state index < -0.39 is 10.0 Å². The first kappa shape index (κ1) is 20.8. The van der Waals surface area contributed by atoms with Gasteiger partial charge in [0.05, 0.1) is 17.5 Å². The maximum absolute atomic E-state index is 13.9. The second-order valence-electron chi connectivity index (χ2n) is 8.54. The zero-order valence-electron chi connectivity index (χ0n) is 18.6. The Morgan fingerprint density at radius 2 is 1.62 bits per heavy atom. The van der Waals surface area contributed by atoms with Crippen LogP contribution in [0.1, 0.15) is 47.6 Å². The lowest BCUT2D eigenvalue weighted by Crippen LogP contribution is -2.16. The molecular weight excluding hydrogens is 418 g/mol. The Balaban J connectivity index is 1.68. The fraction of sp³-hybridized carbons (Fsp3) is 0.259.